The van der Waals surface area contributed by atoms with E-state index in [4.69, 9.17) is 0 Å². The van der Waals surface area contributed by atoms with E-state index in [9.17, 15) is 4.79 Å². The lowest BCUT2D eigenvalue weighted by Gasteiger charge is -2.49. The van der Waals surface area contributed by atoms with Gasteiger partial charge in [-0.25, -0.2) is 0 Å². The Bertz CT molecular complexity index is 943. The summed E-state index contributed by atoms with van der Waals surface area (Å²) in [6.45, 7) is 7.32. The highest BCUT2D eigenvalue weighted by Crippen LogP contribution is 2.52. The smallest absolute Gasteiger partial charge is 0.223 e. The number of hydrogen-bond acceptors (Lipinski definition) is 3. The van der Waals surface area contributed by atoms with Crippen LogP contribution < -0.4 is 15.1 Å². The first kappa shape index (κ1) is 18.6. The number of fused-ring (bicyclic) bond motifs is 3. The van der Waals surface area contributed by atoms with Crippen LogP contribution in [0.2, 0.25) is 0 Å². The second kappa shape index (κ2) is 6.40. The number of carbonyl (C=O) groups excluding carboxylic acids is 1. The largest absolute Gasteiger partial charge is 0.378 e. The molecule has 2 aromatic rings. The summed E-state index contributed by atoms with van der Waals surface area (Å²) >= 11 is 0. The number of nitrogens with one attached hydrogen (secondary N) is 1. The van der Waals surface area contributed by atoms with Gasteiger partial charge < -0.3 is 15.1 Å². The molecule has 1 amide bonds. The Morgan fingerprint density at radius 1 is 1.11 bits per heavy atom. The third-order valence-electron chi connectivity index (χ3n) is 6.31. The van der Waals surface area contributed by atoms with Crippen LogP contribution in [0.1, 0.15) is 37.0 Å². The highest BCUT2D eigenvalue weighted by Gasteiger charge is 2.57. The summed E-state index contributed by atoms with van der Waals surface area (Å²) in [6.07, 6.45) is 4.85. The van der Waals surface area contributed by atoms with E-state index in [0.717, 1.165) is 12.1 Å². The third kappa shape index (κ3) is 2.70. The average molecular weight is 376 g/mol. The fourth-order valence-electron chi connectivity index (χ4n) is 4.57. The molecule has 4 rings (SSSR count). The van der Waals surface area contributed by atoms with Crippen molar-refractivity contribution < 1.29 is 4.79 Å². The second-order valence-corrected chi connectivity index (χ2v) is 8.68. The Morgan fingerprint density at radius 2 is 1.82 bits per heavy atom. The summed E-state index contributed by atoms with van der Waals surface area (Å²) in [6, 6.07) is 15.1. The number of nitrogens with zero attached hydrogens (tertiary/aromatic N) is 2. The van der Waals surface area contributed by atoms with Crippen LogP contribution in [0.4, 0.5) is 11.4 Å². The molecule has 2 aromatic carbocycles. The molecule has 2 aliphatic heterocycles. The van der Waals surface area contributed by atoms with Crippen molar-refractivity contribution in [2.24, 2.45) is 0 Å². The fraction of sp³-hybridized carbons (Fsp3) is 0.375. The first-order valence-electron chi connectivity index (χ1n) is 9.91. The van der Waals surface area contributed by atoms with Gasteiger partial charge >= 0.3 is 0 Å². The normalized spacial score (nSPS) is 22.8. The molecule has 0 radical (unpaired) electrons. The second-order valence-electron chi connectivity index (χ2n) is 8.68. The Morgan fingerprint density at radius 3 is 2.50 bits per heavy atom. The van der Waals surface area contributed by atoms with Gasteiger partial charge in [-0.1, -0.05) is 49.8 Å². The van der Waals surface area contributed by atoms with Crippen molar-refractivity contribution in [2.45, 2.75) is 38.3 Å². The minimum Gasteiger partial charge on any atom is -0.378 e. The summed E-state index contributed by atoms with van der Waals surface area (Å²) in [5.74, 6) is 0.112. The van der Waals surface area contributed by atoms with Crippen LogP contribution in [0.3, 0.4) is 0 Å². The van der Waals surface area contributed by atoms with Crippen molar-refractivity contribution >= 4 is 23.4 Å². The molecule has 1 N–H and O–H groups in total. The number of hydrogen-bond donors (Lipinski definition) is 1. The van der Waals surface area contributed by atoms with Crippen molar-refractivity contribution in [1.29, 1.82) is 0 Å². The van der Waals surface area contributed by atoms with Crippen LogP contribution >= 0.6 is 0 Å². The van der Waals surface area contributed by atoms with Crippen molar-refractivity contribution in [3.05, 3.63) is 65.2 Å². The standard InChI is InChI=1S/C24H29N3O/c1-17-6-11-21-20(16-17)23(2,3)24(25-22(28)13-15-27(21)24)14-12-18-7-9-19(10-8-18)26(4)5/h6-12,14,16H,13,15H2,1-5H3,(H,25,28)/b14-12+/t24-/m1/s1. The van der Waals surface area contributed by atoms with Crippen LogP contribution in [-0.2, 0) is 10.2 Å². The van der Waals surface area contributed by atoms with Gasteiger partial charge in [0.25, 0.3) is 0 Å². The summed E-state index contributed by atoms with van der Waals surface area (Å²) < 4.78 is 0. The Kier molecular flexibility index (Phi) is 4.25. The minimum atomic E-state index is -0.557. The summed E-state index contributed by atoms with van der Waals surface area (Å²) in [5.41, 5.74) is 5.26. The lowest BCUT2D eigenvalue weighted by atomic mass is 9.74. The molecular weight excluding hydrogens is 346 g/mol. The highest BCUT2D eigenvalue weighted by molar-refractivity contribution is 5.84. The van der Waals surface area contributed by atoms with Crippen LogP contribution in [0.15, 0.2) is 48.5 Å². The van der Waals surface area contributed by atoms with Gasteiger partial charge in [-0.2, -0.15) is 0 Å². The maximum absolute atomic E-state index is 12.5. The molecule has 0 unspecified atom stereocenters. The summed E-state index contributed by atoms with van der Waals surface area (Å²) in [7, 11) is 4.08. The SMILES string of the molecule is Cc1ccc2c(c1)C(C)(C)[C@]1(/C=C/c3ccc(N(C)C)cc3)NC(=O)CCN21. The van der Waals surface area contributed by atoms with Gasteiger partial charge in [-0.05, 0) is 42.3 Å². The lowest BCUT2D eigenvalue weighted by molar-refractivity contribution is -0.124. The Labute approximate surface area is 167 Å². The van der Waals surface area contributed by atoms with Gasteiger partial charge in [-0.3, -0.25) is 4.79 Å². The Balaban J connectivity index is 1.78. The molecule has 4 heteroatoms. The molecule has 0 aliphatic carbocycles. The van der Waals surface area contributed by atoms with Crippen molar-refractivity contribution in [2.75, 3.05) is 30.4 Å². The average Bonchev–Trinajstić information content (AvgIpc) is 2.84. The number of benzene rings is 2. The molecule has 0 aromatic heterocycles. The molecule has 0 spiro atoms. The van der Waals surface area contributed by atoms with Crippen LogP contribution in [-0.4, -0.2) is 32.2 Å². The molecule has 1 atom stereocenters. The van der Waals surface area contributed by atoms with E-state index in [1.165, 1.54) is 22.5 Å². The quantitative estimate of drug-likeness (QED) is 0.878. The van der Waals surface area contributed by atoms with Gasteiger partial charge in [0.15, 0.2) is 0 Å². The summed E-state index contributed by atoms with van der Waals surface area (Å²) in [4.78, 5) is 16.9. The van der Waals surface area contributed by atoms with E-state index in [1.54, 1.807) is 0 Å². The van der Waals surface area contributed by atoms with Gasteiger partial charge in [0.05, 0.1) is 0 Å². The van der Waals surface area contributed by atoms with Gasteiger partial charge in [0.1, 0.15) is 5.66 Å². The Hall–Kier alpha value is -2.75. The fourth-order valence-corrected chi connectivity index (χ4v) is 4.57. The van der Waals surface area contributed by atoms with Gasteiger partial charge in [0.2, 0.25) is 5.91 Å². The maximum Gasteiger partial charge on any atom is 0.223 e. The van der Waals surface area contributed by atoms with E-state index in [2.05, 4.69) is 90.5 Å². The van der Waals surface area contributed by atoms with Crippen molar-refractivity contribution in [1.82, 2.24) is 5.32 Å². The topological polar surface area (TPSA) is 35.6 Å². The molecule has 28 heavy (non-hydrogen) atoms. The molecular formula is C24H29N3O. The monoisotopic (exact) mass is 375 g/mol. The van der Waals surface area contributed by atoms with Crippen LogP contribution in [0.25, 0.3) is 6.08 Å². The number of rotatable bonds is 3. The third-order valence-corrected chi connectivity index (χ3v) is 6.31. The molecule has 4 nitrogen and oxygen atoms in total. The molecule has 0 bridgehead atoms. The number of aryl methyl sites for hydroxylation is 1. The zero-order valence-electron chi connectivity index (χ0n) is 17.4. The summed E-state index contributed by atoms with van der Waals surface area (Å²) in [5, 5.41) is 3.34. The molecule has 1 fully saturated rings. The maximum atomic E-state index is 12.5. The number of carbonyl (C=O) groups is 1. The molecule has 146 valence electrons. The van der Waals surface area contributed by atoms with E-state index >= 15 is 0 Å². The zero-order valence-corrected chi connectivity index (χ0v) is 17.4. The van der Waals surface area contributed by atoms with E-state index in [1.807, 2.05) is 14.1 Å². The van der Waals surface area contributed by atoms with E-state index in [0.29, 0.717) is 6.42 Å². The predicted molar refractivity (Wildman–Crippen MR) is 117 cm³/mol. The van der Waals surface area contributed by atoms with Gasteiger partial charge in [-0.15, -0.1) is 0 Å². The van der Waals surface area contributed by atoms with Crippen molar-refractivity contribution in [3.8, 4) is 0 Å². The van der Waals surface area contributed by atoms with Gasteiger partial charge in [0, 0.05) is 43.9 Å². The first-order chi connectivity index (χ1) is 13.2. The molecule has 0 saturated carbocycles. The van der Waals surface area contributed by atoms with E-state index in [-0.39, 0.29) is 11.3 Å². The minimum absolute atomic E-state index is 0.112. The number of anilines is 2. The highest BCUT2D eigenvalue weighted by atomic mass is 16.2. The predicted octanol–water partition coefficient (Wildman–Crippen LogP) is 4.09. The lowest BCUT2D eigenvalue weighted by Crippen LogP contribution is -2.68. The molecule has 2 heterocycles. The molecule has 1 saturated heterocycles. The van der Waals surface area contributed by atoms with Crippen molar-refractivity contribution in [3.63, 3.8) is 0 Å². The van der Waals surface area contributed by atoms with Crippen LogP contribution in [0.5, 0.6) is 0 Å². The number of amides is 1. The zero-order chi connectivity index (χ0) is 20.1. The van der Waals surface area contributed by atoms with E-state index < -0.39 is 5.66 Å². The first-order valence-corrected chi connectivity index (χ1v) is 9.91. The molecule has 2 aliphatic rings. The van der Waals surface area contributed by atoms with Crippen LogP contribution in [0, 0.1) is 6.92 Å².